The van der Waals surface area contributed by atoms with Gasteiger partial charge in [0.15, 0.2) is 5.58 Å². The number of hydrogen-bond donors (Lipinski definition) is 0. The summed E-state index contributed by atoms with van der Waals surface area (Å²) in [6.07, 6.45) is 0. The molecule has 0 spiro atoms. The lowest BCUT2D eigenvalue weighted by molar-refractivity contribution is 0.666. The van der Waals surface area contributed by atoms with Gasteiger partial charge in [-0.1, -0.05) is 103 Å². The summed E-state index contributed by atoms with van der Waals surface area (Å²) in [6, 6.07) is 49.5. The predicted molar refractivity (Wildman–Crippen MR) is 159 cm³/mol. The Morgan fingerprint density at radius 2 is 0.947 bits per heavy atom. The molecule has 0 atom stereocenters. The molecule has 0 radical (unpaired) electrons. The number of hydrogen-bond acceptors (Lipinski definition) is 1. The van der Waals surface area contributed by atoms with E-state index in [0.717, 1.165) is 38.7 Å². The van der Waals surface area contributed by atoms with E-state index in [0.29, 0.717) is 0 Å². The number of nitrogens with zero attached hydrogens (tertiary/aromatic N) is 1. The molecular weight excluding hydrogens is 462 g/mol. The molecule has 0 unspecified atom stereocenters. The van der Waals surface area contributed by atoms with Gasteiger partial charge in [-0.3, -0.25) is 0 Å². The molecule has 0 bridgehead atoms. The highest BCUT2D eigenvalue weighted by Gasteiger charge is 2.18. The van der Waals surface area contributed by atoms with E-state index in [2.05, 4.69) is 132 Å². The van der Waals surface area contributed by atoms with Gasteiger partial charge in [-0.15, -0.1) is 0 Å². The first-order valence-corrected chi connectivity index (χ1v) is 12.9. The van der Waals surface area contributed by atoms with Crippen LogP contribution >= 0.6 is 0 Å². The molecule has 2 heteroatoms. The molecule has 2 aromatic heterocycles. The van der Waals surface area contributed by atoms with E-state index in [1.165, 1.54) is 33.0 Å². The Morgan fingerprint density at radius 3 is 1.58 bits per heavy atom. The van der Waals surface area contributed by atoms with Crippen LogP contribution in [0.15, 0.2) is 144 Å². The van der Waals surface area contributed by atoms with Crippen LogP contribution in [0.4, 0.5) is 0 Å². The predicted octanol–water partition coefficient (Wildman–Crippen LogP) is 10.0. The summed E-state index contributed by atoms with van der Waals surface area (Å²) in [7, 11) is 0. The first kappa shape index (κ1) is 21.0. The molecule has 2 heterocycles. The number of fused-ring (bicyclic) bond motifs is 6. The third-order valence-corrected chi connectivity index (χ3v) is 7.60. The van der Waals surface area contributed by atoms with Gasteiger partial charge in [-0.2, -0.15) is 0 Å². The minimum Gasteiger partial charge on any atom is -0.454 e. The molecule has 8 aromatic rings. The van der Waals surface area contributed by atoms with E-state index in [4.69, 9.17) is 4.42 Å². The Hall–Kier alpha value is -5.08. The fraction of sp³-hybridized carbons (Fsp3) is 0. The lowest BCUT2D eigenvalue weighted by Gasteiger charge is -2.09. The Morgan fingerprint density at radius 1 is 0.395 bits per heavy atom. The first-order chi connectivity index (χ1) is 18.8. The molecular formula is C36H23NO. The average Bonchev–Trinajstić information content (AvgIpc) is 3.53. The maximum Gasteiger partial charge on any atom is 0.159 e. The fourth-order valence-corrected chi connectivity index (χ4v) is 5.81. The highest BCUT2D eigenvalue weighted by molar-refractivity contribution is 6.14. The third kappa shape index (κ3) is 3.14. The maximum absolute atomic E-state index is 6.47. The molecule has 0 fully saturated rings. The third-order valence-electron chi connectivity index (χ3n) is 7.60. The number of para-hydroxylation sites is 2. The molecule has 0 saturated carbocycles. The van der Waals surface area contributed by atoms with Crippen LogP contribution in [0.25, 0.3) is 71.7 Å². The van der Waals surface area contributed by atoms with Gasteiger partial charge >= 0.3 is 0 Å². The van der Waals surface area contributed by atoms with Crippen molar-refractivity contribution in [2.24, 2.45) is 0 Å². The monoisotopic (exact) mass is 485 g/mol. The van der Waals surface area contributed by atoms with Crippen LogP contribution in [-0.2, 0) is 0 Å². The van der Waals surface area contributed by atoms with E-state index in [1.54, 1.807) is 0 Å². The Kier molecular flexibility index (Phi) is 4.55. The van der Waals surface area contributed by atoms with Crippen molar-refractivity contribution in [2.75, 3.05) is 0 Å². The van der Waals surface area contributed by atoms with Gasteiger partial charge in [-0.25, -0.2) is 0 Å². The lowest BCUT2D eigenvalue weighted by atomic mass is 10.0. The number of rotatable bonds is 3. The molecule has 178 valence electrons. The lowest BCUT2D eigenvalue weighted by Crippen LogP contribution is -1.94. The molecule has 0 aliphatic rings. The SMILES string of the molecule is c1ccc(-c2ccc3c(c2)c2cc(-c4ccccc4)ccc2n3-c2cccc3c2oc2ccccc23)cc1. The smallest absolute Gasteiger partial charge is 0.159 e. The Bertz CT molecular complexity index is 2020. The van der Waals surface area contributed by atoms with Crippen LogP contribution in [0.2, 0.25) is 0 Å². The molecule has 8 rings (SSSR count). The topological polar surface area (TPSA) is 18.1 Å². The zero-order valence-corrected chi connectivity index (χ0v) is 20.6. The molecule has 38 heavy (non-hydrogen) atoms. The zero-order valence-electron chi connectivity index (χ0n) is 20.6. The Labute approximate surface area is 220 Å². The molecule has 0 aliphatic carbocycles. The first-order valence-electron chi connectivity index (χ1n) is 12.9. The van der Waals surface area contributed by atoms with Gasteiger partial charge in [0.25, 0.3) is 0 Å². The highest BCUT2D eigenvalue weighted by atomic mass is 16.3. The molecule has 0 amide bonds. The van der Waals surface area contributed by atoms with Crippen LogP contribution in [0.1, 0.15) is 0 Å². The summed E-state index contributed by atoms with van der Waals surface area (Å²) < 4.78 is 8.83. The van der Waals surface area contributed by atoms with E-state index in [-0.39, 0.29) is 0 Å². The maximum atomic E-state index is 6.47. The largest absolute Gasteiger partial charge is 0.454 e. The van der Waals surface area contributed by atoms with Gasteiger partial charge in [0, 0.05) is 21.5 Å². The van der Waals surface area contributed by atoms with Crippen LogP contribution in [0, 0.1) is 0 Å². The van der Waals surface area contributed by atoms with E-state index in [9.17, 15) is 0 Å². The van der Waals surface area contributed by atoms with Crippen molar-refractivity contribution < 1.29 is 4.42 Å². The second kappa shape index (κ2) is 8.22. The van der Waals surface area contributed by atoms with Crippen molar-refractivity contribution in [3.63, 3.8) is 0 Å². The molecule has 0 saturated heterocycles. The normalized spacial score (nSPS) is 11.7. The molecule has 2 nitrogen and oxygen atoms in total. The summed E-state index contributed by atoms with van der Waals surface area (Å²) >= 11 is 0. The van der Waals surface area contributed by atoms with Gasteiger partial charge in [0.2, 0.25) is 0 Å². The zero-order chi connectivity index (χ0) is 25.1. The fourth-order valence-electron chi connectivity index (χ4n) is 5.81. The van der Waals surface area contributed by atoms with Crippen molar-refractivity contribution in [2.45, 2.75) is 0 Å². The van der Waals surface area contributed by atoms with Crippen LogP contribution in [0.5, 0.6) is 0 Å². The molecule has 0 N–H and O–H groups in total. The van der Waals surface area contributed by atoms with Crippen molar-refractivity contribution >= 4 is 43.7 Å². The highest BCUT2D eigenvalue weighted by Crippen LogP contribution is 2.40. The van der Waals surface area contributed by atoms with Crippen LogP contribution in [-0.4, -0.2) is 4.57 Å². The second-order valence-electron chi connectivity index (χ2n) is 9.78. The average molecular weight is 486 g/mol. The van der Waals surface area contributed by atoms with Gasteiger partial charge in [0.1, 0.15) is 5.58 Å². The van der Waals surface area contributed by atoms with Crippen molar-refractivity contribution in [1.82, 2.24) is 4.57 Å². The summed E-state index contributed by atoms with van der Waals surface area (Å²) in [5.74, 6) is 0. The van der Waals surface area contributed by atoms with Crippen LogP contribution < -0.4 is 0 Å². The Balaban J connectivity index is 1.47. The number of benzene rings is 6. The number of aromatic nitrogens is 1. The van der Waals surface area contributed by atoms with Crippen molar-refractivity contribution in [1.29, 1.82) is 0 Å². The summed E-state index contributed by atoms with van der Waals surface area (Å²) in [6.45, 7) is 0. The van der Waals surface area contributed by atoms with Gasteiger partial charge < -0.3 is 8.98 Å². The summed E-state index contributed by atoms with van der Waals surface area (Å²) in [4.78, 5) is 0. The molecule has 0 aliphatic heterocycles. The quantitative estimate of drug-likeness (QED) is 0.243. The van der Waals surface area contributed by atoms with E-state index < -0.39 is 0 Å². The minimum atomic E-state index is 0.909. The second-order valence-corrected chi connectivity index (χ2v) is 9.78. The van der Waals surface area contributed by atoms with Gasteiger partial charge in [0.05, 0.1) is 16.7 Å². The minimum absolute atomic E-state index is 0.909. The van der Waals surface area contributed by atoms with E-state index in [1.807, 2.05) is 12.1 Å². The van der Waals surface area contributed by atoms with Crippen molar-refractivity contribution in [3.8, 4) is 27.9 Å². The number of furan rings is 1. The van der Waals surface area contributed by atoms with E-state index >= 15 is 0 Å². The summed E-state index contributed by atoms with van der Waals surface area (Å²) in [5.41, 5.74) is 10.1. The standard InChI is InChI=1S/C36H23NO/c1-3-10-24(11-4-1)26-18-20-32-30(22-26)31-23-27(25-12-5-2-6-13-25)19-21-33(31)37(32)34-16-9-15-29-28-14-7-8-17-35(28)38-36(29)34/h1-23H. The van der Waals surface area contributed by atoms with Crippen LogP contribution in [0.3, 0.4) is 0 Å². The summed E-state index contributed by atoms with van der Waals surface area (Å²) in [5, 5.41) is 4.73. The van der Waals surface area contributed by atoms with Gasteiger partial charge in [-0.05, 0) is 58.7 Å². The molecule has 6 aromatic carbocycles. The van der Waals surface area contributed by atoms with Crippen molar-refractivity contribution in [3.05, 3.63) is 140 Å².